The molecule has 26 heavy (non-hydrogen) atoms. The highest BCUT2D eigenvalue weighted by Crippen LogP contribution is 2.33. The Morgan fingerprint density at radius 1 is 1.08 bits per heavy atom. The molecular formula is C18H18ClN5O2. The van der Waals surface area contributed by atoms with Crippen LogP contribution in [0, 0.1) is 0 Å². The van der Waals surface area contributed by atoms with Gasteiger partial charge in [-0.3, -0.25) is 4.40 Å². The van der Waals surface area contributed by atoms with Crippen LogP contribution < -0.4 is 23.5 Å². The lowest BCUT2D eigenvalue weighted by Gasteiger charge is -2.11. The quantitative estimate of drug-likeness (QED) is 0.330. The van der Waals surface area contributed by atoms with Gasteiger partial charge >= 0.3 is 0 Å². The number of nitrogens with one attached hydrogen (secondary N) is 1. The number of aromatic nitrogens is 3. The van der Waals surface area contributed by atoms with Gasteiger partial charge in [0.05, 0.1) is 36.0 Å². The highest BCUT2D eigenvalue weighted by Gasteiger charge is 2.15. The van der Waals surface area contributed by atoms with Gasteiger partial charge in [0.1, 0.15) is 0 Å². The molecule has 0 fully saturated rings. The third-order valence-corrected chi connectivity index (χ3v) is 4.07. The second-order valence-electron chi connectivity index (χ2n) is 5.74. The van der Waals surface area contributed by atoms with Crippen LogP contribution in [0.3, 0.4) is 0 Å². The summed E-state index contributed by atoms with van der Waals surface area (Å²) < 4.78 is 2.00. The van der Waals surface area contributed by atoms with Gasteiger partial charge in [-0.05, 0) is 30.3 Å². The maximum absolute atomic E-state index is 9.84. The maximum atomic E-state index is 9.84. The Morgan fingerprint density at radius 2 is 1.88 bits per heavy atom. The molecule has 134 valence electrons. The fourth-order valence-corrected chi connectivity index (χ4v) is 2.89. The summed E-state index contributed by atoms with van der Waals surface area (Å²) >= 11 is 0. The minimum Gasteiger partial charge on any atom is -1.00 e. The third kappa shape index (κ3) is 2.87. The summed E-state index contributed by atoms with van der Waals surface area (Å²) in [6, 6.07) is 12.6. The standard InChI is InChI=1S/C18H17N5O2.ClH/c19-7-8-20-17-18-21-10-14(11-5-6-15(24)16(25)9-11)23(18)13-4-2-1-3-12(13)22-17;/h1-6,9-10,24-25H,7-8,19H2,(H,20,22);1H. The van der Waals surface area contributed by atoms with Gasteiger partial charge in [-0.1, -0.05) is 12.1 Å². The molecule has 0 amide bonds. The van der Waals surface area contributed by atoms with Crippen molar-refractivity contribution in [1.29, 1.82) is 0 Å². The minimum atomic E-state index is -0.166. The van der Waals surface area contributed by atoms with Gasteiger partial charge < -0.3 is 33.7 Å². The van der Waals surface area contributed by atoms with Crippen molar-refractivity contribution in [2.75, 3.05) is 18.4 Å². The van der Waals surface area contributed by atoms with Crippen molar-refractivity contribution in [2.24, 2.45) is 0 Å². The number of hydrogen-bond acceptors (Lipinski definition) is 5. The van der Waals surface area contributed by atoms with Gasteiger partial charge in [-0.15, -0.1) is 0 Å². The second kappa shape index (κ2) is 7.07. The normalized spacial score (nSPS) is 10.8. The van der Waals surface area contributed by atoms with Crippen LogP contribution in [0.1, 0.15) is 0 Å². The smallest absolute Gasteiger partial charge is 0.181 e. The first-order chi connectivity index (χ1) is 12.2. The number of para-hydroxylation sites is 2. The van der Waals surface area contributed by atoms with Crippen LogP contribution in [0.5, 0.6) is 11.5 Å². The summed E-state index contributed by atoms with van der Waals surface area (Å²) in [5.74, 6) is 0.375. The van der Waals surface area contributed by atoms with Crippen LogP contribution in [0.15, 0.2) is 48.7 Å². The Kier molecular flexibility index (Phi) is 4.83. The van der Waals surface area contributed by atoms with E-state index < -0.39 is 0 Å². The van der Waals surface area contributed by atoms with E-state index in [0.29, 0.717) is 18.0 Å². The predicted octanol–water partition coefficient (Wildman–Crippen LogP) is -1.38. The van der Waals surface area contributed by atoms with Crippen molar-refractivity contribution in [3.05, 3.63) is 48.7 Å². The minimum absolute atomic E-state index is 0. The fraction of sp³-hybridized carbons (Fsp3) is 0.111. The molecule has 0 aliphatic rings. The van der Waals surface area contributed by atoms with Crippen molar-refractivity contribution in [3.8, 4) is 22.8 Å². The molecule has 0 spiro atoms. The maximum Gasteiger partial charge on any atom is 0.181 e. The van der Waals surface area contributed by atoms with Crippen LogP contribution in [-0.4, -0.2) is 37.7 Å². The number of hydrogen-bond donors (Lipinski definition) is 4. The number of halogens is 1. The number of imidazole rings is 1. The molecule has 0 radical (unpaired) electrons. The monoisotopic (exact) mass is 371 g/mol. The molecule has 2 heterocycles. The van der Waals surface area contributed by atoms with E-state index in [2.05, 4.69) is 21.0 Å². The number of nitrogens with zero attached hydrogens (tertiary/aromatic N) is 3. The number of quaternary nitrogens is 1. The van der Waals surface area contributed by atoms with E-state index in [4.69, 9.17) is 0 Å². The highest BCUT2D eigenvalue weighted by atomic mass is 35.5. The zero-order valence-electron chi connectivity index (χ0n) is 13.9. The Bertz CT molecular complexity index is 1080. The largest absolute Gasteiger partial charge is 1.00 e. The van der Waals surface area contributed by atoms with Gasteiger partial charge in [0, 0.05) is 5.56 Å². The number of phenols is 2. The number of fused-ring (bicyclic) bond motifs is 3. The number of rotatable bonds is 4. The summed E-state index contributed by atoms with van der Waals surface area (Å²) in [5.41, 5.74) is 7.86. The number of benzene rings is 2. The van der Waals surface area contributed by atoms with E-state index >= 15 is 0 Å². The first kappa shape index (κ1) is 17.8. The van der Waals surface area contributed by atoms with Crippen LogP contribution in [0.25, 0.3) is 27.9 Å². The summed E-state index contributed by atoms with van der Waals surface area (Å²) in [4.78, 5) is 9.19. The lowest BCUT2D eigenvalue weighted by atomic mass is 10.1. The Hall–Kier alpha value is -3.03. The molecule has 7 nitrogen and oxygen atoms in total. The van der Waals surface area contributed by atoms with Crippen molar-refractivity contribution >= 4 is 22.5 Å². The molecule has 8 heteroatoms. The van der Waals surface area contributed by atoms with Crippen molar-refractivity contribution in [3.63, 3.8) is 0 Å². The van der Waals surface area contributed by atoms with Gasteiger partial charge in [-0.25, -0.2) is 9.97 Å². The van der Waals surface area contributed by atoms with Gasteiger partial charge in [-0.2, -0.15) is 0 Å². The van der Waals surface area contributed by atoms with E-state index in [9.17, 15) is 10.2 Å². The molecule has 0 bridgehead atoms. The molecule has 2 aromatic heterocycles. The molecule has 0 aliphatic carbocycles. The van der Waals surface area contributed by atoms with Crippen LogP contribution >= 0.6 is 0 Å². The SMILES string of the molecule is [Cl-].[NH3+]CCNc1nc2ccccc2n2c(-c3ccc(O)c(O)c3)cnc12. The molecule has 0 unspecified atom stereocenters. The van der Waals surface area contributed by atoms with Gasteiger partial charge in [0.25, 0.3) is 0 Å². The van der Waals surface area contributed by atoms with E-state index in [1.165, 1.54) is 12.1 Å². The first-order valence-electron chi connectivity index (χ1n) is 8.00. The molecule has 4 rings (SSSR count). The van der Waals surface area contributed by atoms with Crippen molar-refractivity contribution in [1.82, 2.24) is 14.4 Å². The molecule has 0 atom stereocenters. The summed E-state index contributed by atoms with van der Waals surface area (Å²) in [6.07, 6.45) is 1.74. The Labute approximate surface area is 155 Å². The van der Waals surface area contributed by atoms with E-state index in [1.54, 1.807) is 12.3 Å². The highest BCUT2D eigenvalue weighted by molar-refractivity contribution is 5.86. The van der Waals surface area contributed by atoms with E-state index in [-0.39, 0.29) is 23.9 Å². The molecule has 0 saturated carbocycles. The van der Waals surface area contributed by atoms with Crippen LogP contribution in [-0.2, 0) is 0 Å². The number of aromatic hydroxyl groups is 2. The Balaban J connectivity index is 0.00000196. The lowest BCUT2D eigenvalue weighted by molar-refractivity contribution is -0.362. The Morgan fingerprint density at radius 3 is 2.65 bits per heavy atom. The van der Waals surface area contributed by atoms with Crippen molar-refractivity contribution in [2.45, 2.75) is 0 Å². The van der Waals surface area contributed by atoms with Crippen LogP contribution in [0.4, 0.5) is 5.82 Å². The average Bonchev–Trinajstić information content (AvgIpc) is 3.07. The third-order valence-electron chi connectivity index (χ3n) is 4.07. The van der Waals surface area contributed by atoms with Gasteiger partial charge in [0.2, 0.25) is 0 Å². The summed E-state index contributed by atoms with van der Waals surface area (Å²) in [5, 5.41) is 22.7. The second-order valence-corrected chi connectivity index (χ2v) is 5.74. The van der Waals surface area contributed by atoms with E-state index in [1.807, 2.05) is 28.7 Å². The van der Waals surface area contributed by atoms with E-state index in [0.717, 1.165) is 28.8 Å². The number of anilines is 1. The zero-order valence-corrected chi connectivity index (χ0v) is 14.6. The fourth-order valence-electron chi connectivity index (χ4n) is 2.89. The lowest BCUT2D eigenvalue weighted by Crippen LogP contribution is -3.00. The first-order valence-corrected chi connectivity index (χ1v) is 8.00. The molecule has 0 saturated heterocycles. The topological polar surface area (TPSA) is 110 Å². The number of phenolic OH excluding ortho intramolecular Hbond substituents is 2. The molecule has 6 N–H and O–H groups in total. The summed E-state index contributed by atoms with van der Waals surface area (Å²) in [6.45, 7) is 1.43. The predicted molar refractivity (Wildman–Crippen MR) is 95.5 cm³/mol. The van der Waals surface area contributed by atoms with Gasteiger partial charge in [0.15, 0.2) is 23.0 Å². The molecule has 4 aromatic rings. The molecule has 0 aliphatic heterocycles. The zero-order chi connectivity index (χ0) is 17.4. The average molecular weight is 372 g/mol. The summed E-state index contributed by atoms with van der Waals surface area (Å²) in [7, 11) is 0. The van der Waals surface area contributed by atoms with Crippen LogP contribution in [0.2, 0.25) is 0 Å². The molecular weight excluding hydrogens is 354 g/mol. The van der Waals surface area contributed by atoms with Crippen molar-refractivity contribution < 1.29 is 28.4 Å². The molecule has 2 aromatic carbocycles.